The van der Waals surface area contributed by atoms with Crippen molar-refractivity contribution in [2.75, 3.05) is 11.9 Å². The van der Waals surface area contributed by atoms with Crippen LogP contribution in [0.1, 0.15) is 29.8 Å². The minimum Gasteiger partial charge on any atom is -0.492 e. The molecule has 0 aliphatic rings. The van der Waals surface area contributed by atoms with E-state index in [-0.39, 0.29) is 11.5 Å². The van der Waals surface area contributed by atoms with E-state index in [0.29, 0.717) is 24.5 Å². The summed E-state index contributed by atoms with van der Waals surface area (Å²) in [4.78, 5) is 23.9. The Morgan fingerprint density at radius 2 is 1.58 bits per heavy atom. The summed E-state index contributed by atoms with van der Waals surface area (Å²) in [6.07, 6.45) is 0.674. The first kappa shape index (κ1) is 22.1. The van der Waals surface area contributed by atoms with E-state index < -0.39 is 11.4 Å². The summed E-state index contributed by atoms with van der Waals surface area (Å²) in [5, 5.41) is 2.68. The van der Waals surface area contributed by atoms with Crippen LogP contribution in [0.5, 0.6) is 5.75 Å². The molecule has 0 fully saturated rings. The number of ether oxygens (including phenoxy) is 1. The van der Waals surface area contributed by atoms with Gasteiger partial charge in [0.25, 0.3) is 5.91 Å². The predicted octanol–water partition coefficient (Wildman–Crippen LogP) is 3.75. The largest absolute Gasteiger partial charge is 0.492 e. The van der Waals surface area contributed by atoms with E-state index in [2.05, 4.69) is 41.7 Å². The third kappa shape index (κ3) is 5.93. The van der Waals surface area contributed by atoms with Crippen LogP contribution >= 0.6 is 0 Å². The molecule has 0 unspecified atom stereocenters. The summed E-state index contributed by atoms with van der Waals surface area (Å²) < 4.78 is 5.81. The monoisotopic (exact) mass is 417 g/mol. The molecule has 3 aromatic rings. The Hall–Kier alpha value is -3.64. The smallest absolute Gasteiger partial charge is 0.252 e. The number of rotatable bonds is 8. The van der Waals surface area contributed by atoms with Gasteiger partial charge in [-0.2, -0.15) is 0 Å². The minimum atomic E-state index is -1.04. The zero-order valence-electron chi connectivity index (χ0n) is 17.7. The average molecular weight is 418 g/mol. The van der Waals surface area contributed by atoms with Crippen molar-refractivity contribution in [1.29, 1.82) is 0 Å². The van der Waals surface area contributed by atoms with Gasteiger partial charge < -0.3 is 21.5 Å². The van der Waals surface area contributed by atoms with Gasteiger partial charge >= 0.3 is 0 Å². The lowest BCUT2D eigenvalue weighted by atomic mass is 10.0. The van der Waals surface area contributed by atoms with Gasteiger partial charge in [0, 0.05) is 12.1 Å². The molecule has 0 bridgehead atoms. The van der Waals surface area contributed by atoms with Crippen LogP contribution in [0.3, 0.4) is 0 Å². The molecule has 0 aromatic heterocycles. The molecule has 6 heteroatoms. The SMILES string of the molecule is CC(C)(N)C(=O)Nc1ccc(OCCc2ccc(-c3ccccc3)cc2)c(C(N)=O)c1. The van der Waals surface area contributed by atoms with E-state index in [0.717, 1.165) is 11.1 Å². The maximum Gasteiger partial charge on any atom is 0.252 e. The third-order valence-electron chi connectivity index (χ3n) is 4.80. The molecule has 3 aromatic carbocycles. The van der Waals surface area contributed by atoms with Crippen molar-refractivity contribution >= 4 is 17.5 Å². The zero-order valence-corrected chi connectivity index (χ0v) is 17.7. The van der Waals surface area contributed by atoms with Gasteiger partial charge in [0.2, 0.25) is 5.91 Å². The molecule has 0 saturated heterocycles. The molecule has 31 heavy (non-hydrogen) atoms. The number of nitrogens with one attached hydrogen (secondary N) is 1. The lowest BCUT2D eigenvalue weighted by Crippen LogP contribution is -2.45. The first-order chi connectivity index (χ1) is 14.7. The third-order valence-corrected chi connectivity index (χ3v) is 4.80. The standard InChI is InChI=1S/C25H27N3O3/c1-25(2,27)24(30)28-20-12-13-22(21(16-20)23(26)29)31-15-14-17-8-10-19(11-9-17)18-6-4-3-5-7-18/h3-13,16H,14-15,27H2,1-2H3,(H2,26,29)(H,28,30). The zero-order chi connectivity index (χ0) is 22.4. The fourth-order valence-corrected chi connectivity index (χ4v) is 2.99. The summed E-state index contributed by atoms with van der Waals surface area (Å²) in [5.41, 5.74) is 14.3. The number of nitrogens with two attached hydrogens (primary N) is 2. The number of benzene rings is 3. The average Bonchev–Trinajstić information content (AvgIpc) is 2.75. The Kier molecular flexibility index (Phi) is 6.72. The van der Waals surface area contributed by atoms with E-state index in [9.17, 15) is 9.59 Å². The van der Waals surface area contributed by atoms with Crippen LogP contribution in [-0.2, 0) is 11.2 Å². The minimum absolute atomic E-state index is 0.201. The fraction of sp³-hybridized carbons (Fsp3) is 0.200. The van der Waals surface area contributed by atoms with E-state index in [1.54, 1.807) is 26.0 Å². The molecule has 0 radical (unpaired) electrons. The van der Waals surface area contributed by atoms with E-state index >= 15 is 0 Å². The molecule has 160 valence electrons. The van der Waals surface area contributed by atoms with E-state index in [1.165, 1.54) is 11.6 Å². The Morgan fingerprint density at radius 1 is 0.935 bits per heavy atom. The molecule has 0 heterocycles. The van der Waals surface area contributed by atoms with Crippen LogP contribution in [0.4, 0.5) is 5.69 Å². The number of hydrogen-bond acceptors (Lipinski definition) is 4. The number of hydrogen-bond donors (Lipinski definition) is 3. The summed E-state index contributed by atoms with van der Waals surface area (Å²) in [5.74, 6) is -0.626. The number of amides is 2. The van der Waals surface area contributed by atoms with Gasteiger partial charge in [0.1, 0.15) is 5.75 Å². The molecule has 0 spiro atoms. The first-order valence-corrected chi connectivity index (χ1v) is 10.1. The van der Waals surface area contributed by atoms with Crippen molar-refractivity contribution in [2.45, 2.75) is 25.8 Å². The number of primary amides is 1. The van der Waals surface area contributed by atoms with Crippen LogP contribution in [0.25, 0.3) is 11.1 Å². The summed E-state index contributed by atoms with van der Waals surface area (Å²) in [7, 11) is 0. The second-order valence-corrected chi connectivity index (χ2v) is 7.91. The molecular formula is C25H27N3O3. The second kappa shape index (κ2) is 9.45. The van der Waals surface area contributed by atoms with Crippen molar-refractivity contribution in [3.8, 4) is 16.9 Å². The molecule has 0 atom stereocenters. The Balaban J connectivity index is 1.63. The molecule has 5 N–H and O–H groups in total. The predicted molar refractivity (Wildman–Crippen MR) is 123 cm³/mol. The van der Waals surface area contributed by atoms with Gasteiger partial charge in [-0.1, -0.05) is 54.6 Å². The fourth-order valence-electron chi connectivity index (χ4n) is 2.99. The van der Waals surface area contributed by atoms with Gasteiger partial charge in [-0.3, -0.25) is 9.59 Å². The number of carbonyl (C=O) groups excluding carboxylic acids is 2. The molecule has 6 nitrogen and oxygen atoms in total. The highest BCUT2D eigenvalue weighted by Crippen LogP contribution is 2.24. The molecule has 3 rings (SSSR count). The van der Waals surface area contributed by atoms with Crippen molar-refractivity contribution in [3.05, 3.63) is 83.9 Å². The van der Waals surface area contributed by atoms with Gasteiger partial charge in [-0.25, -0.2) is 0 Å². The molecule has 2 amide bonds. The van der Waals surface area contributed by atoms with E-state index in [4.69, 9.17) is 16.2 Å². The highest BCUT2D eigenvalue weighted by molar-refractivity contribution is 6.00. The highest BCUT2D eigenvalue weighted by Gasteiger charge is 2.22. The van der Waals surface area contributed by atoms with Crippen LogP contribution in [0.15, 0.2) is 72.8 Å². The molecule has 0 aliphatic carbocycles. The second-order valence-electron chi connectivity index (χ2n) is 7.91. The normalized spacial score (nSPS) is 11.1. The topological polar surface area (TPSA) is 107 Å². The Morgan fingerprint density at radius 3 is 2.19 bits per heavy atom. The summed E-state index contributed by atoms with van der Waals surface area (Å²) >= 11 is 0. The van der Waals surface area contributed by atoms with Crippen LogP contribution < -0.4 is 21.5 Å². The first-order valence-electron chi connectivity index (χ1n) is 10.1. The quantitative estimate of drug-likeness (QED) is 0.519. The highest BCUT2D eigenvalue weighted by atomic mass is 16.5. The summed E-state index contributed by atoms with van der Waals surface area (Å²) in [6.45, 7) is 3.58. The van der Waals surface area contributed by atoms with Crippen LogP contribution in [0.2, 0.25) is 0 Å². The van der Waals surface area contributed by atoms with Gasteiger partial charge in [-0.15, -0.1) is 0 Å². The number of anilines is 1. The maximum atomic E-state index is 12.1. The number of carbonyl (C=O) groups is 2. The van der Waals surface area contributed by atoms with Crippen molar-refractivity contribution < 1.29 is 14.3 Å². The Bertz CT molecular complexity index is 1060. The summed E-state index contributed by atoms with van der Waals surface area (Å²) in [6, 6.07) is 23.2. The van der Waals surface area contributed by atoms with Crippen molar-refractivity contribution in [2.24, 2.45) is 11.5 Å². The van der Waals surface area contributed by atoms with Crippen LogP contribution in [-0.4, -0.2) is 24.0 Å². The van der Waals surface area contributed by atoms with E-state index in [1.807, 2.05) is 18.2 Å². The molecular weight excluding hydrogens is 390 g/mol. The lowest BCUT2D eigenvalue weighted by Gasteiger charge is -2.18. The van der Waals surface area contributed by atoms with Gasteiger partial charge in [-0.05, 0) is 48.7 Å². The van der Waals surface area contributed by atoms with Crippen molar-refractivity contribution in [1.82, 2.24) is 0 Å². The van der Waals surface area contributed by atoms with Gasteiger partial charge in [0.15, 0.2) is 0 Å². The maximum absolute atomic E-state index is 12.1. The Labute approximate surface area is 182 Å². The molecule has 0 saturated carbocycles. The van der Waals surface area contributed by atoms with Crippen molar-refractivity contribution in [3.63, 3.8) is 0 Å². The molecule has 0 aliphatic heterocycles. The van der Waals surface area contributed by atoms with Crippen LogP contribution in [0, 0.1) is 0 Å². The lowest BCUT2D eigenvalue weighted by molar-refractivity contribution is -0.120. The van der Waals surface area contributed by atoms with Gasteiger partial charge in [0.05, 0.1) is 17.7 Å².